The molecule has 0 bridgehead atoms. The number of nitrogens with one attached hydrogen (secondary N) is 2. The van der Waals surface area contributed by atoms with E-state index in [1.807, 2.05) is 16.9 Å². The third-order valence-corrected chi connectivity index (χ3v) is 12.1. The molecule has 2 N–H and O–H groups in total. The fourth-order valence-electron chi connectivity index (χ4n) is 8.31. The number of nitrogens with zero attached hydrogens (tertiary/aromatic N) is 8. The maximum atomic E-state index is 15.5. The number of carbonyl (C=O) groups is 1. The third kappa shape index (κ3) is 7.47. The van der Waals surface area contributed by atoms with E-state index < -0.39 is 65.3 Å². The number of rotatable bonds is 13. The standard InChI is InChI=1S/C42H37ClF6N10O2S/c1-20-12-27-35(38(46)47)53-58(37(27)42(20,48)49)19-33(60)50-31(15-22-13-24(44)17-25(45)14-22)40-51-30-16-23(29-10-11-57(52-29)18-21-4-5-21)6-7-26(30)41(61)59(40)32-9-8-28(43)34-36(32)56(2)54-39(34)55-62-3/h6-11,13-14,16-17,20-21,31,38H,4-5,12,15,18-19H2,1-3H3,(H,50,60)(H,54,55). The summed E-state index contributed by atoms with van der Waals surface area (Å²) >= 11 is 8.00. The lowest BCUT2D eigenvalue weighted by Gasteiger charge is -2.24. The average Bonchev–Trinajstić information content (AvgIpc) is 3.48. The fourth-order valence-corrected chi connectivity index (χ4v) is 8.89. The quantitative estimate of drug-likeness (QED) is 0.0870. The summed E-state index contributed by atoms with van der Waals surface area (Å²) in [5.74, 6) is -6.92. The second kappa shape index (κ2) is 15.8. The first-order valence-electron chi connectivity index (χ1n) is 19.7. The van der Waals surface area contributed by atoms with Gasteiger partial charge in [-0.1, -0.05) is 36.5 Å². The van der Waals surface area contributed by atoms with Crippen LogP contribution >= 0.6 is 23.5 Å². The number of alkyl halides is 4. The number of carbonyl (C=O) groups excluding carboxylic acids is 1. The van der Waals surface area contributed by atoms with Crippen molar-refractivity contribution in [2.75, 3.05) is 11.0 Å². The number of halogens is 7. The zero-order valence-corrected chi connectivity index (χ0v) is 34.8. The summed E-state index contributed by atoms with van der Waals surface area (Å²) in [5.41, 5.74) is -0.514. The van der Waals surface area contributed by atoms with Gasteiger partial charge in [-0.3, -0.25) is 28.2 Å². The van der Waals surface area contributed by atoms with Crippen LogP contribution in [0.2, 0.25) is 5.02 Å². The molecule has 9 rings (SSSR count). The van der Waals surface area contributed by atoms with Crippen molar-refractivity contribution in [2.45, 2.75) is 64.1 Å². The SMILES string of the molecule is CSNc1nn(C)c2c(-n3c(C(Cc4cc(F)cc(F)c4)NC(=O)Cn4nc(C(F)F)c5c4C(F)(F)C(C)C5)nc4cc(-c5ccn(CC6CC6)n5)ccc4c3=O)ccc(Cl)c12. The van der Waals surface area contributed by atoms with Crippen molar-refractivity contribution in [3.8, 4) is 16.9 Å². The molecule has 0 saturated heterocycles. The Bertz CT molecular complexity index is 2960. The van der Waals surface area contributed by atoms with Crippen LogP contribution in [0.4, 0.5) is 32.2 Å². The van der Waals surface area contributed by atoms with Gasteiger partial charge in [0.2, 0.25) is 5.91 Å². The van der Waals surface area contributed by atoms with Gasteiger partial charge in [-0.2, -0.15) is 24.1 Å². The number of hydrogen-bond donors (Lipinski definition) is 2. The van der Waals surface area contributed by atoms with E-state index in [0.29, 0.717) is 49.7 Å². The van der Waals surface area contributed by atoms with Crippen LogP contribution in [0, 0.1) is 23.5 Å². The lowest BCUT2D eigenvalue weighted by molar-refractivity contribution is -0.123. The maximum absolute atomic E-state index is 15.5. The van der Waals surface area contributed by atoms with Crippen LogP contribution in [-0.2, 0) is 43.7 Å². The summed E-state index contributed by atoms with van der Waals surface area (Å²) in [6.07, 6.45) is 1.98. The molecule has 7 aromatic rings. The van der Waals surface area contributed by atoms with E-state index in [2.05, 4.69) is 20.2 Å². The predicted octanol–water partition coefficient (Wildman–Crippen LogP) is 8.69. The Morgan fingerprint density at radius 1 is 1.03 bits per heavy atom. The summed E-state index contributed by atoms with van der Waals surface area (Å²) in [6, 6.07) is 11.3. The highest BCUT2D eigenvalue weighted by atomic mass is 35.5. The van der Waals surface area contributed by atoms with Crippen molar-refractivity contribution in [2.24, 2.45) is 18.9 Å². The van der Waals surface area contributed by atoms with Crippen molar-refractivity contribution >= 4 is 57.1 Å². The molecule has 3 aromatic carbocycles. The molecule has 1 saturated carbocycles. The Hall–Kier alpha value is -5.82. The molecule has 1 fully saturated rings. The van der Waals surface area contributed by atoms with Gasteiger partial charge in [-0.25, -0.2) is 22.5 Å². The minimum absolute atomic E-state index is 0.0391. The minimum Gasteiger partial charge on any atom is -0.344 e. The van der Waals surface area contributed by atoms with Gasteiger partial charge in [0, 0.05) is 55.6 Å². The summed E-state index contributed by atoms with van der Waals surface area (Å²) in [5, 5.41) is 16.7. The largest absolute Gasteiger partial charge is 0.344 e. The molecule has 2 aliphatic rings. The molecule has 2 atom stereocenters. The molecular formula is C42H37ClF6N10O2S. The molecule has 2 unspecified atom stereocenters. The molecular weight excluding hydrogens is 858 g/mol. The summed E-state index contributed by atoms with van der Waals surface area (Å²) < 4.78 is 97.1. The lowest BCUT2D eigenvalue weighted by Crippen LogP contribution is -2.38. The molecule has 1 amide bonds. The molecule has 4 heterocycles. The van der Waals surface area contributed by atoms with Crippen LogP contribution in [-0.4, -0.2) is 51.1 Å². The van der Waals surface area contributed by atoms with E-state index >= 15 is 13.6 Å². The van der Waals surface area contributed by atoms with Crippen LogP contribution in [0.15, 0.2) is 65.6 Å². The molecule has 0 spiro atoms. The number of anilines is 1. The van der Waals surface area contributed by atoms with E-state index in [1.165, 1.54) is 28.1 Å². The first-order chi connectivity index (χ1) is 29.6. The number of hydrogen-bond acceptors (Lipinski definition) is 8. The predicted molar refractivity (Wildman–Crippen MR) is 223 cm³/mol. The van der Waals surface area contributed by atoms with Crippen molar-refractivity contribution in [3.63, 3.8) is 0 Å². The van der Waals surface area contributed by atoms with E-state index in [4.69, 9.17) is 21.7 Å². The minimum atomic E-state index is -3.58. The zero-order chi connectivity index (χ0) is 43.8. The number of benzene rings is 3. The topological polar surface area (TPSA) is 129 Å². The molecule has 4 aromatic heterocycles. The second-order valence-corrected chi connectivity index (χ2v) is 16.8. The first kappa shape index (κ1) is 41.5. The van der Waals surface area contributed by atoms with Crippen molar-refractivity contribution in [3.05, 3.63) is 116 Å². The number of fused-ring (bicyclic) bond motifs is 3. The Morgan fingerprint density at radius 3 is 2.50 bits per heavy atom. The Labute approximate surface area is 358 Å². The van der Waals surface area contributed by atoms with Gasteiger partial charge in [0.15, 0.2) is 5.82 Å². The number of aryl methyl sites for hydroxylation is 1. The highest BCUT2D eigenvalue weighted by Gasteiger charge is 2.51. The van der Waals surface area contributed by atoms with Crippen LogP contribution in [0.1, 0.15) is 60.6 Å². The molecule has 20 heteroatoms. The van der Waals surface area contributed by atoms with E-state index in [1.54, 1.807) is 43.6 Å². The maximum Gasteiger partial charge on any atom is 0.292 e. The van der Waals surface area contributed by atoms with E-state index in [0.717, 1.165) is 31.5 Å². The van der Waals surface area contributed by atoms with Gasteiger partial charge in [0.1, 0.15) is 35.4 Å². The summed E-state index contributed by atoms with van der Waals surface area (Å²) in [7, 11) is 1.64. The second-order valence-electron chi connectivity index (χ2n) is 15.8. The van der Waals surface area contributed by atoms with Gasteiger partial charge >= 0.3 is 0 Å². The van der Waals surface area contributed by atoms with Crippen LogP contribution < -0.4 is 15.6 Å². The van der Waals surface area contributed by atoms with E-state index in [-0.39, 0.29) is 46.4 Å². The highest BCUT2D eigenvalue weighted by Crippen LogP contribution is 2.48. The highest BCUT2D eigenvalue weighted by molar-refractivity contribution is 7.99. The zero-order valence-electron chi connectivity index (χ0n) is 33.3. The molecule has 322 valence electrons. The van der Waals surface area contributed by atoms with Crippen molar-refractivity contribution in [1.82, 2.24) is 44.2 Å². The van der Waals surface area contributed by atoms with Gasteiger partial charge < -0.3 is 10.0 Å². The summed E-state index contributed by atoms with van der Waals surface area (Å²) in [4.78, 5) is 34.2. The summed E-state index contributed by atoms with van der Waals surface area (Å²) in [6.45, 7) is 1.05. The fraction of sp³-hybridized carbons (Fsp3) is 0.333. The molecule has 0 aliphatic heterocycles. The third-order valence-electron chi connectivity index (χ3n) is 11.4. The lowest BCUT2D eigenvalue weighted by atomic mass is 10.0. The Morgan fingerprint density at radius 2 is 1.79 bits per heavy atom. The van der Waals surface area contributed by atoms with Crippen molar-refractivity contribution in [1.29, 1.82) is 0 Å². The van der Waals surface area contributed by atoms with Gasteiger partial charge in [-0.05, 0) is 73.2 Å². The van der Waals surface area contributed by atoms with Crippen molar-refractivity contribution < 1.29 is 31.1 Å². The van der Waals surface area contributed by atoms with Crippen LogP contribution in [0.5, 0.6) is 0 Å². The Kier molecular flexibility index (Phi) is 10.6. The number of amides is 1. The van der Waals surface area contributed by atoms with Gasteiger partial charge in [0.25, 0.3) is 17.9 Å². The smallest absolute Gasteiger partial charge is 0.292 e. The van der Waals surface area contributed by atoms with Gasteiger partial charge in [0.05, 0.1) is 44.3 Å². The number of aromatic nitrogens is 8. The van der Waals surface area contributed by atoms with E-state index in [9.17, 15) is 22.4 Å². The van der Waals surface area contributed by atoms with Crippen LogP contribution in [0.3, 0.4) is 0 Å². The Balaban J connectivity index is 1.23. The molecule has 12 nitrogen and oxygen atoms in total. The average molecular weight is 895 g/mol. The monoisotopic (exact) mass is 894 g/mol. The molecule has 2 aliphatic carbocycles. The van der Waals surface area contributed by atoms with Gasteiger partial charge in [-0.15, -0.1) is 0 Å². The molecule has 0 radical (unpaired) electrons. The molecule has 62 heavy (non-hydrogen) atoms. The first-order valence-corrected chi connectivity index (χ1v) is 21.3. The van der Waals surface area contributed by atoms with Crippen LogP contribution in [0.25, 0.3) is 38.8 Å². The normalized spacial score (nSPS) is 16.4.